The number of aromatic nitrogens is 1. The smallest absolute Gasteiger partial charge is 0.328 e. The molecule has 3 amide bonds. The molecule has 4 N–H and O–H groups in total. The van der Waals surface area contributed by atoms with Gasteiger partial charge in [0.1, 0.15) is 23.1 Å². The first kappa shape index (κ1) is 22.2. The summed E-state index contributed by atoms with van der Waals surface area (Å²) in [7, 11) is 1.61. The highest BCUT2D eigenvalue weighted by Crippen LogP contribution is 2.49. The molecule has 34 heavy (non-hydrogen) atoms. The Morgan fingerprint density at radius 2 is 2.03 bits per heavy atom. The molecule has 5 rings (SSSR count). The number of hydrogen-bond acceptors (Lipinski definition) is 6. The van der Waals surface area contributed by atoms with Crippen LogP contribution in [-0.4, -0.2) is 75.8 Å². The quantitative estimate of drug-likeness (QED) is 0.314. The number of aromatic amines is 1. The van der Waals surface area contributed by atoms with Crippen molar-refractivity contribution < 1.29 is 24.5 Å². The summed E-state index contributed by atoms with van der Waals surface area (Å²) < 4.78 is 5.43. The fourth-order valence-corrected chi connectivity index (χ4v) is 5.25. The standard InChI is InChI=1S/C25H28N4O5/c1-25-14-19-18-13-17(34-2)6-7-20(18)27-21(19)22(15-4-3-5-16(31)12-15)29(25)24(33)28(23(25)32)10-8-26-9-11-30/h3-7,12-13,22,26-27,30-31H,8-11,14H2,1-2H3/t22-,25+/m1/s1. The number of aliphatic hydroxyl groups excluding tert-OH is 1. The molecular formula is C25H28N4O5. The van der Waals surface area contributed by atoms with Gasteiger partial charge in [0.2, 0.25) is 0 Å². The molecule has 1 aromatic heterocycles. The van der Waals surface area contributed by atoms with Crippen LogP contribution in [0.3, 0.4) is 0 Å². The first-order chi connectivity index (χ1) is 16.4. The highest BCUT2D eigenvalue weighted by atomic mass is 16.5. The monoisotopic (exact) mass is 464 g/mol. The Balaban J connectivity index is 1.65. The van der Waals surface area contributed by atoms with Crippen LogP contribution in [0.25, 0.3) is 10.9 Å². The van der Waals surface area contributed by atoms with Crippen molar-refractivity contribution in [3.8, 4) is 11.5 Å². The number of carbonyl (C=O) groups is 2. The number of rotatable bonds is 7. The van der Waals surface area contributed by atoms with Crippen molar-refractivity contribution in [3.63, 3.8) is 0 Å². The lowest BCUT2D eigenvalue weighted by atomic mass is 9.81. The van der Waals surface area contributed by atoms with Crippen molar-refractivity contribution in [3.05, 3.63) is 59.3 Å². The van der Waals surface area contributed by atoms with Gasteiger partial charge in [-0.2, -0.15) is 0 Å². The van der Waals surface area contributed by atoms with Crippen molar-refractivity contribution >= 4 is 22.8 Å². The predicted octanol–water partition coefficient (Wildman–Crippen LogP) is 2.13. The number of nitrogens with zero attached hydrogens (tertiary/aromatic N) is 2. The van der Waals surface area contributed by atoms with Gasteiger partial charge in [-0.1, -0.05) is 12.1 Å². The lowest BCUT2D eigenvalue weighted by Crippen LogP contribution is -2.53. The first-order valence-electron chi connectivity index (χ1n) is 11.3. The molecule has 0 saturated carbocycles. The molecule has 1 fully saturated rings. The maximum absolute atomic E-state index is 13.7. The number of carbonyl (C=O) groups excluding carboxylic acids is 2. The second-order valence-corrected chi connectivity index (χ2v) is 8.96. The van der Waals surface area contributed by atoms with E-state index < -0.39 is 11.6 Å². The van der Waals surface area contributed by atoms with Gasteiger partial charge in [-0.25, -0.2) is 4.79 Å². The van der Waals surface area contributed by atoms with Crippen LogP contribution < -0.4 is 10.1 Å². The van der Waals surface area contributed by atoms with E-state index in [1.165, 1.54) is 4.90 Å². The van der Waals surface area contributed by atoms with Crippen LogP contribution >= 0.6 is 0 Å². The number of phenolic OH excluding ortho intramolecular Hbond substituents is 1. The molecule has 0 unspecified atom stereocenters. The van der Waals surface area contributed by atoms with Crippen molar-refractivity contribution in [1.82, 2.24) is 20.1 Å². The lowest BCUT2D eigenvalue weighted by Gasteiger charge is -2.42. The van der Waals surface area contributed by atoms with Crippen molar-refractivity contribution in [2.24, 2.45) is 0 Å². The molecule has 3 aromatic rings. The number of imide groups is 1. The summed E-state index contributed by atoms with van der Waals surface area (Å²) in [5.41, 5.74) is 2.31. The van der Waals surface area contributed by atoms with Gasteiger partial charge in [0.15, 0.2) is 0 Å². The minimum absolute atomic E-state index is 0.0174. The van der Waals surface area contributed by atoms with Gasteiger partial charge in [0.05, 0.1) is 13.7 Å². The van der Waals surface area contributed by atoms with Crippen molar-refractivity contribution in [2.45, 2.75) is 24.9 Å². The molecule has 178 valence electrons. The zero-order valence-corrected chi connectivity index (χ0v) is 19.2. The Hall–Kier alpha value is -3.56. The second-order valence-electron chi connectivity index (χ2n) is 8.96. The number of hydrogen-bond donors (Lipinski definition) is 4. The summed E-state index contributed by atoms with van der Waals surface area (Å²) in [6.45, 7) is 2.79. The molecule has 1 saturated heterocycles. The molecule has 0 spiro atoms. The average molecular weight is 465 g/mol. The summed E-state index contributed by atoms with van der Waals surface area (Å²) in [5.74, 6) is 0.546. The number of ether oxygens (including phenoxy) is 1. The minimum atomic E-state index is -1.09. The van der Waals surface area contributed by atoms with Gasteiger partial charge in [0, 0.05) is 42.7 Å². The SMILES string of the molecule is COc1ccc2[nH]c3c(c2c1)C[C@@]1(C)C(=O)N(CCNCCO)C(=O)N1[C@@H]3c1cccc(O)c1. The van der Waals surface area contributed by atoms with Gasteiger partial charge < -0.3 is 25.3 Å². The van der Waals surface area contributed by atoms with Gasteiger partial charge >= 0.3 is 6.03 Å². The van der Waals surface area contributed by atoms with Crippen LogP contribution in [-0.2, 0) is 11.2 Å². The number of urea groups is 1. The topological polar surface area (TPSA) is 118 Å². The van der Waals surface area contributed by atoms with Crippen LogP contribution in [0.5, 0.6) is 11.5 Å². The van der Waals surface area contributed by atoms with Crippen LogP contribution in [0.4, 0.5) is 4.79 Å². The molecule has 0 bridgehead atoms. The number of aromatic hydroxyl groups is 1. The summed E-state index contributed by atoms with van der Waals surface area (Å²) in [4.78, 5) is 33.7. The van der Waals surface area contributed by atoms with E-state index in [4.69, 9.17) is 9.84 Å². The Kier molecular flexibility index (Phi) is 5.45. The Morgan fingerprint density at radius 3 is 2.76 bits per heavy atom. The number of amides is 3. The van der Waals surface area contributed by atoms with E-state index in [0.717, 1.165) is 22.2 Å². The fraction of sp³-hybridized carbons (Fsp3) is 0.360. The van der Waals surface area contributed by atoms with Crippen LogP contribution in [0.15, 0.2) is 42.5 Å². The number of phenols is 1. The third kappa shape index (κ3) is 3.31. The third-order valence-electron chi connectivity index (χ3n) is 6.86. The number of aliphatic hydroxyl groups is 1. The second kappa shape index (κ2) is 8.34. The Bertz CT molecular complexity index is 1270. The highest BCUT2D eigenvalue weighted by Gasteiger charge is 2.60. The lowest BCUT2D eigenvalue weighted by molar-refractivity contribution is -0.133. The summed E-state index contributed by atoms with van der Waals surface area (Å²) in [6.07, 6.45) is 0.357. The van der Waals surface area contributed by atoms with E-state index in [1.54, 1.807) is 30.2 Å². The van der Waals surface area contributed by atoms with Gasteiger partial charge in [-0.05, 0) is 48.4 Å². The van der Waals surface area contributed by atoms with Crippen molar-refractivity contribution in [2.75, 3.05) is 33.4 Å². The summed E-state index contributed by atoms with van der Waals surface area (Å²) in [5, 5.41) is 23.2. The van der Waals surface area contributed by atoms with Crippen LogP contribution in [0, 0.1) is 0 Å². The highest BCUT2D eigenvalue weighted by molar-refractivity contribution is 6.08. The van der Waals surface area contributed by atoms with Crippen molar-refractivity contribution in [1.29, 1.82) is 0 Å². The first-order valence-corrected chi connectivity index (χ1v) is 11.3. The van der Waals surface area contributed by atoms with Gasteiger partial charge in [-0.15, -0.1) is 0 Å². The molecule has 0 aliphatic carbocycles. The van der Waals surface area contributed by atoms with E-state index >= 15 is 0 Å². The Labute approximate surface area is 196 Å². The van der Waals surface area contributed by atoms with Gasteiger partial charge in [-0.3, -0.25) is 14.6 Å². The third-order valence-corrected chi connectivity index (χ3v) is 6.86. The summed E-state index contributed by atoms with van der Waals surface area (Å²) >= 11 is 0. The van der Waals surface area contributed by atoms with E-state index in [2.05, 4.69) is 10.3 Å². The fourth-order valence-electron chi connectivity index (χ4n) is 5.25. The molecule has 9 nitrogen and oxygen atoms in total. The maximum Gasteiger partial charge on any atom is 0.328 e. The number of methoxy groups -OCH3 is 1. The zero-order valence-electron chi connectivity index (χ0n) is 19.2. The van der Waals surface area contributed by atoms with Gasteiger partial charge in [0.25, 0.3) is 5.91 Å². The number of nitrogens with one attached hydrogen (secondary N) is 2. The van der Waals surface area contributed by atoms with E-state index in [1.807, 2.05) is 31.2 Å². The van der Waals surface area contributed by atoms with E-state index in [-0.39, 0.29) is 30.8 Å². The molecular weight excluding hydrogens is 436 g/mol. The molecule has 2 aliphatic rings. The molecule has 3 heterocycles. The van der Waals surface area contributed by atoms with Crippen LogP contribution in [0.2, 0.25) is 0 Å². The maximum atomic E-state index is 13.7. The number of benzene rings is 2. The van der Waals surface area contributed by atoms with E-state index in [9.17, 15) is 14.7 Å². The number of fused-ring (bicyclic) bond motifs is 4. The zero-order chi connectivity index (χ0) is 24.0. The molecule has 2 aromatic carbocycles. The normalized spacial score (nSPS) is 21.8. The van der Waals surface area contributed by atoms with Crippen LogP contribution in [0.1, 0.15) is 29.8 Å². The number of H-pyrrole nitrogens is 1. The minimum Gasteiger partial charge on any atom is -0.508 e. The molecule has 9 heteroatoms. The predicted molar refractivity (Wildman–Crippen MR) is 126 cm³/mol. The van der Waals surface area contributed by atoms with E-state index in [0.29, 0.717) is 30.8 Å². The Morgan fingerprint density at radius 1 is 1.21 bits per heavy atom. The molecule has 2 aliphatic heterocycles. The average Bonchev–Trinajstić information content (AvgIpc) is 3.27. The largest absolute Gasteiger partial charge is 0.508 e. The molecule has 2 atom stereocenters. The molecule has 0 radical (unpaired) electrons. The summed E-state index contributed by atoms with van der Waals surface area (Å²) in [6, 6.07) is 11.6.